The minimum atomic E-state index is 0.328. The van der Waals surface area contributed by atoms with Crippen molar-refractivity contribution in [2.75, 3.05) is 5.32 Å². The highest BCUT2D eigenvalue weighted by Gasteiger charge is 2.01. The standard InChI is InChI=1S/C22H23NO/c1-2-5-17-8-10-18(11-9-17)19-12-14-21(15-13-19)23-16-20-6-3-4-7-22(20)24/h3-4,6-15,23-24H,2,5,16H2,1H3. The van der Waals surface area contributed by atoms with Gasteiger partial charge in [-0.05, 0) is 41.3 Å². The topological polar surface area (TPSA) is 32.3 Å². The molecule has 0 fully saturated rings. The first-order valence-corrected chi connectivity index (χ1v) is 8.46. The van der Waals surface area contributed by atoms with Crippen molar-refractivity contribution in [1.29, 1.82) is 0 Å². The van der Waals surface area contributed by atoms with Crippen LogP contribution < -0.4 is 5.32 Å². The number of rotatable bonds is 6. The number of phenolic OH excluding ortho intramolecular Hbond substituents is 1. The minimum absolute atomic E-state index is 0.328. The maximum atomic E-state index is 9.80. The lowest BCUT2D eigenvalue weighted by Gasteiger charge is -2.09. The van der Waals surface area contributed by atoms with Crippen molar-refractivity contribution < 1.29 is 5.11 Å². The molecule has 2 N–H and O–H groups in total. The molecule has 0 spiro atoms. The van der Waals surface area contributed by atoms with Crippen molar-refractivity contribution >= 4 is 5.69 Å². The Balaban J connectivity index is 1.65. The number of hydrogen-bond acceptors (Lipinski definition) is 2. The summed E-state index contributed by atoms with van der Waals surface area (Å²) in [5.41, 5.74) is 5.79. The Kier molecular flexibility index (Phi) is 5.17. The lowest BCUT2D eigenvalue weighted by Crippen LogP contribution is -1.99. The van der Waals surface area contributed by atoms with Gasteiger partial charge in [-0.3, -0.25) is 0 Å². The Morgan fingerprint density at radius 2 is 1.42 bits per heavy atom. The van der Waals surface area contributed by atoms with E-state index in [0.717, 1.165) is 17.7 Å². The zero-order chi connectivity index (χ0) is 16.8. The summed E-state index contributed by atoms with van der Waals surface area (Å²) in [6.45, 7) is 2.81. The van der Waals surface area contributed by atoms with Gasteiger partial charge in [0.1, 0.15) is 5.75 Å². The van der Waals surface area contributed by atoms with Crippen LogP contribution in [0.3, 0.4) is 0 Å². The molecule has 0 radical (unpaired) electrons. The summed E-state index contributed by atoms with van der Waals surface area (Å²) in [5.74, 6) is 0.328. The first-order valence-electron chi connectivity index (χ1n) is 8.46. The molecule has 0 aliphatic carbocycles. The number of aromatic hydroxyl groups is 1. The smallest absolute Gasteiger partial charge is 0.120 e. The summed E-state index contributed by atoms with van der Waals surface area (Å²) in [5, 5.41) is 13.1. The molecule has 0 atom stereocenters. The van der Waals surface area contributed by atoms with E-state index >= 15 is 0 Å². The normalized spacial score (nSPS) is 10.5. The van der Waals surface area contributed by atoms with E-state index < -0.39 is 0 Å². The molecular formula is C22H23NO. The van der Waals surface area contributed by atoms with E-state index in [0.29, 0.717) is 12.3 Å². The SMILES string of the molecule is CCCc1ccc(-c2ccc(NCc3ccccc3O)cc2)cc1. The van der Waals surface area contributed by atoms with Gasteiger partial charge in [-0.15, -0.1) is 0 Å². The highest BCUT2D eigenvalue weighted by molar-refractivity contribution is 5.66. The average Bonchev–Trinajstić information content (AvgIpc) is 2.63. The fraction of sp³-hybridized carbons (Fsp3) is 0.182. The van der Waals surface area contributed by atoms with Crippen molar-refractivity contribution in [3.63, 3.8) is 0 Å². The molecule has 0 aromatic heterocycles. The molecule has 3 aromatic rings. The van der Waals surface area contributed by atoms with Crippen LogP contribution in [0.2, 0.25) is 0 Å². The fourth-order valence-corrected chi connectivity index (χ4v) is 2.79. The van der Waals surface area contributed by atoms with Gasteiger partial charge in [0.05, 0.1) is 0 Å². The van der Waals surface area contributed by atoms with Gasteiger partial charge in [-0.1, -0.05) is 67.9 Å². The zero-order valence-corrected chi connectivity index (χ0v) is 14.0. The van der Waals surface area contributed by atoms with Crippen LogP contribution in [0.1, 0.15) is 24.5 Å². The number of aryl methyl sites for hydroxylation is 1. The van der Waals surface area contributed by atoms with Crippen LogP contribution in [0.15, 0.2) is 72.8 Å². The van der Waals surface area contributed by atoms with E-state index in [1.807, 2.05) is 18.2 Å². The number of phenols is 1. The van der Waals surface area contributed by atoms with Crippen LogP contribution in [-0.2, 0) is 13.0 Å². The van der Waals surface area contributed by atoms with Crippen LogP contribution in [0.25, 0.3) is 11.1 Å². The summed E-state index contributed by atoms with van der Waals surface area (Å²) in [6, 6.07) is 24.6. The van der Waals surface area contributed by atoms with Gasteiger partial charge in [0.15, 0.2) is 0 Å². The van der Waals surface area contributed by atoms with Gasteiger partial charge >= 0.3 is 0 Å². The number of hydrogen-bond donors (Lipinski definition) is 2. The molecule has 0 aliphatic rings. The van der Waals surface area contributed by atoms with Crippen molar-refractivity contribution in [2.45, 2.75) is 26.3 Å². The van der Waals surface area contributed by atoms with Crippen molar-refractivity contribution in [3.05, 3.63) is 83.9 Å². The molecule has 3 rings (SSSR count). The molecule has 0 unspecified atom stereocenters. The summed E-state index contributed by atoms with van der Waals surface area (Å²) in [6.07, 6.45) is 2.31. The Morgan fingerprint density at radius 3 is 2.04 bits per heavy atom. The molecular weight excluding hydrogens is 294 g/mol. The van der Waals surface area contributed by atoms with E-state index in [1.165, 1.54) is 23.1 Å². The predicted octanol–water partition coefficient (Wildman–Crippen LogP) is 5.62. The van der Waals surface area contributed by atoms with Gasteiger partial charge in [-0.2, -0.15) is 0 Å². The second kappa shape index (κ2) is 7.69. The van der Waals surface area contributed by atoms with E-state index in [9.17, 15) is 5.11 Å². The first-order chi connectivity index (χ1) is 11.8. The summed E-state index contributed by atoms with van der Waals surface area (Å²) in [4.78, 5) is 0. The monoisotopic (exact) mass is 317 g/mol. The fourth-order valence-electron chi connectivity index (χ4n) is 2.79. The van der Waals surface area contributed by atoms with Crippen LogP contribution in [0.4, 0.5) is 5.69 Å². The molecule has 0 aliphatic heterocycles. The molecule has 2 nitrogen and oxygen atoms in total. The van der Waals surface area contributed by atoms with E-state index in [4.69, 9.17) is 0 Å². The van der Waals surface area contributed by atoms with Crippen molar-refractivity contribution in [3.8, 4) is 16.9 Å². The van der Waals surface area contributed by atoms with Crippen LogP contribution in [0, 0.1) is 0 Å². The third kappa shape index (κ3) is 3.96. The molecule has 3 aromatic carbocycles. The molecule has 122 valence electrons. The molecule has 0 saturated carbocycles. The Morgan fingerprint density at radius 1 is 0.792 bits per heavy atom. The third-order valence-corrected chi connectivity index (χ3v) is 4.19. The maximum absolute atomic E-state index is 9.80. The highest BCUT2D eigenvalue weighted by atomic mass is 16.3. The second-order valence-electron chi connectivity index (χ2n) is 6.01. The van der Waals surface area contributed by atoms with Gasteiger partial charge in [0, 0.05) is 17.8 Å². The van der Waals surface area contributed by atoms with Crippen molar-refractivity contribution in [1.82, 2.24) is 0 Å². The predicted molar refractivity (Wildman–Crippen MR) is 101 cm³/mol. The minimum Gasteiger partial charge on any atom is -0.508 e. The van der Waals surface area contributed by atoms with Gasteiger partial charge in [0.25, 0.3) is 0 Å². The Hall–Kier alpha value is -2.74. The quantitative estimate of drug-likeness (QED) is 0.618. The molecule has 0 saturated heterocycles. The summed E-state index contributed by atoms with van der Waals surface area (Å²) >= 11 is 0. The van der Waals surface area contributed by atoms with Crippen LogP contribution >= 0.6 is 0 Å². The van der Waals surface area contributed by atoms with Gasteiger partial charge in [-0.25, -0.2) is 0 Å². The lowest BCUT2D eigenvalue weighted by molar-refractivity contribution is 0.469. The number of benzene rings is 3. The van der Waals surface area contributed by atoms with E-state index in [2.05, 4.69) is 60.8 Å². The number of anilines is 1. The molecule has 0 amide bonds. The summed E-state index contributed by atoms with van der Waals surface area (Å²) < 4.78 is 0. The number of para-hydroxylation sites is 1. The van der Waals surface area contributed by atoms with Crippen LogP contribution in [-0.4, -0.2) is 5.11 Å². The van der Waals surface area contributed by atoms with E-state index in [-0.39, 0.29) is 0 Å². The molecule has 0 bridgehead atoms. The zero-order valence-electron chi connectivity index (χ0n) is 14.0. The molecule has 24 heavy (non-hydrogen) atoms. The lowest BCUT2D eigenvalue weighted by atomic mass is 10.0. The highest BCUT2D eigenvalue weighted by Crippen LogP contribution is 2.23. The average molecular weight is 317 g/mol. The largest absolute Gasteiger partial charge is 0.508 e. The van der Waals surface area contributed by atoms with E-state index in [1.54, 1.807) is 6.07 Å². The third-order valence-electron chi connectivity index (χ3n) is 4.19. The second-order valence-corrected chi connectivity index (χ2v) is 6.01. The maximum Gasteiger partial charge on any atom is 0.120 e. The Bertz CT molecular complexity index is 776. The van der Waals surface area contributed by atoms with Gasteiger partial charge in [0.2, 0.25) is 0 Å². The first kappa shape index (κ1) is 16.1. The summed E-state index contributed by atoms with van der Waals surface area (Å²) in [7, 11) is 0. The molecule has 2 heteroatoms. The Labute approximate surface area is 143 Å². The van der Waals surface area contributed by atoms with Crippen LogP contribution in [0.5, 0.6) is 5.75 Å². The van der Waals surface area contributed by atoms with Gasteiger partial charge < -0.3 is 10.4 Å². The van der Waals surface area contributed by atoms with Crippen molar-refractivity contribution in [2.24, 2.45) is 0 Å². The molecule has 0 heterocycles. The number of nitrogens with one attached hydrogen (secondary N) is 1.